The fraction of sp³-hybridized carbons (Fsp3) is 0.312. The lowest BCUT2D eigenvalue weighted by atomic mass is 10.1. The number of rotatable bonds is 4. The number of hydrogen-bond donors (Lipinski definition) is 1. The third-order valence-electron chi connectivity index (χ3n) is 3.95. The number of aliphatic hydroxyl groups is 1. The molecule has 2 amide bonds. The number of hydrogen-bond acceptors (Lipinski definition) is 4. The molecule has 2 heterocycles. The summed E-state index contributed by atoms with van der Waals surface area (Å²) in [6.45, 7) is 3.91. The van der Waals surface area contributed by atoms with E-state index in [0.717, 1.165) is 20.8 Å². The molecule has 1 N–H and O–H groups in total. The summed E-state index contributed by atoms with van der Waals surface area (Å²) in [5.74, 6) is -0.724. The van der Waals surface area contributed by atoms with Gasteiger partial charge in [-0.2, -0.15) is 5.10 Å². The Bertz CT molecular complexity index is 765. The number of halogens is 1. The molecule has 120 valence electrons. The van der Waals surface area contributed by atoms with Crippen molar-refractivity contribution in [1.82, 2.24) is 14.7 Å². The largest absolute Gasteiger partial charge is 0.389 e. The minimum absolute atomic E-state index is 0.0533. The molecular formula is C16H16BrN3O3. The van der Waals surface area contributed by atoms with Crippen LogP contribution in [0.25, 0.3) is 0 Å². The van der Waals surface area contributed by atoms with Crippen molar-refractivity contribution in [2.45, 2.75) is 26.5 Å². The lowest BCUT2D eigenvalue weighted by Crippen LogP contribution is -2.38. The molecule has 0 saturated heterocycles. The van der Waals surface area contributed by atoms with Gasteiger partial charge in [-0.05, 0) is 41.9 Å². The highest BCUT2D eigenvalue weighted by Crippen LogP contribution is 2.23. The number of carbonyl (C=O) groups excluding carboxylic acids is 2. The highest BCUT2D eigenvalue weighted by molar-refractivity contribution is 9.10. The Kier molecular flexibility index (Phi) is 4.08. The van der Waals surface area contributed by atoms with Crippen molar-refractivity contribution in [2.24, 2.45) is 0 Å². The first kappa shape index (κ1) is 15.9. The highest BCUT2D eigenvalue weighted by atomic mass is 79.9. The molecule has 1 aliphatic heterocycles. The van der Waals surface area contributed by atoms with Crippen LogP contribution in [0.2, 0.25) is 0 Å². The number of aromatic nitrogens is 2. The van der Waals surface area contributed by atoms with Gasteiger partial charge in [0, 0.05) is 5.69 Å². The molecule has 6 nitrogen and oxygen atoms in total. The Labute approximate surface area is 141 Å². The van der Waals surface area contributed by atoms with E-state index < -0.39 is 6.10 Å². The van der Waals surface area contributed by atoms with Gasteiger partial charge in [-0.15, -0.1) is 0 Å². The van der Waals surface area contributed by atoms with E-state index in [2.05, 4.69) is 21.0 Å². The molecule has 0 fully saturated rings. The Morgan fingerprint density at radius 3 is 2.17 bits per heavy atom. The van der Waals surface area contributed by atoms with Crippen LogP contribution >= 0.6 is 15.9 Å². The SMILES string of the molecule is Cc1nn(C[C@H](O)CN2C(=O)c3ccccc3C2=O)c(C)c1Br. The first-order chi connectivity index (χ1) is 10.9. The van der Waals surface area contributed by atoms with Gasteiger partial charge in [0.25, 0.3) is 11.8 Å². The molecular weight excluding hydrogens is 362 g/mol. The van der Waals surface area contributed by atoms with Gasteiger partial charge in [0.15, 0.2) is 0 Å². The molecule has 0 saturated carbocycles. The molecule has 1 aromatic carbocycles. The number of aliphatic hydroxyl groups excluding tert-OH is 1. The molecule has 7 heteroatoms. The fourth-order valence-corrected chi connectivity index (χ4v) is 3.01. The zero-order valence-electron chi connectivity index (χ0n) is 12.8. The lowest BCUT2D eigenvalue weighted by Gasteiger charge is -2.19. The van der Waals surface area contributed by atoms with Crippen molar-refractivity contribution in [3.8, 4) is 0 Å². The third kappa shape index (κ3) is 2.70. The predicted octanol–water partition coefficient (Wildman–Crippen LogP) is 1.92. The normalized spacial score (nSPS) is 15.2. The van der Waals surface area contributed by atoms with Crippen LogP contribution < -0.4 is 0 Å². The second-order valence-electron chi connectivity index (χ2n) is 5.59. The van der Waals surface area contributed by atoms with Crippen LogP contribution in [0.1, 0.15) is 32.1 Å². The molecule has 1 aliphatic rings. The standard InChI is InChI=1S/C16H16BrN3O3/c1-9-14(17)10(2)20(18-9)8-11(21)7-19-15(22)12-5-3-4-6-13(12)16(19)23/h3-6,11,21H,7-8H2,1-2H3/t11-/m1/s1. The maximum Gasteiger partial charge on any atom is 0.261 e. The van der Waals surface area contributed by atoms with Crippen molar-refractivity contribution in [1.29, 1.82) is 0 Å². The van der Waals surface area contributed by atoms with Crippen LogP contribution in [0.4, 0.5) is 0 Å². The monoisotopic (exact) mass is 377 g/mol. The fourth-order valence-electron chi connectivity index (χ4n) is 2.73. The van der Waals surface area contributed by atoms with E-state index in [9.17, 15) is 14.7 Å². The first-order valence-corrected chi connectivity index (χ1v) is 8.02. The smallest absolute Gasteiger partial charge is 0.261 e. The molecule has 0 unspecified atom stereocenters. The van der Waals surface area contributed by atoms with E-state index in [1.165, 1.54) is 0 Å². The number of carbonyl (C=O) groups is 2. The van der Waals surface area contributed by atoms with Crippen molar-refractivity contribution >= 4 is 27.7 Å². The van der Waals surface area contributed by atoms with Gasteiger partial charge in [0.05, 0.1) is 40.5 Å². The summed E-state index contributed by atoms with van der Waals surface area (Å²) < 4.78 is 2.56. The van der Waals surface area contributed by atoms with Gasteiger partial charge >= 0.3 is 0 Å². The van der Waals surface area contributed by atoms with Crippen molar-refractivity contribution in [3.05, 3.63) is 51.3 Å². The van der Waals surface area contributed by atoms with Gasteiger partial charge in [-0.25, -0.2) is 0 Å². The average Bonchev–Trinajstić information content (AvgIpc) is 2.91. The van der Waals surface area contributed by atoms with Crippen LogP contribution in [0.15, 0.2) is 28.7 Å². The van der Waals surface area contributed by atoms with E-state index in [0.29, 0.717) is 11.1 Å². The maximum atomic E-state index is 12.3. The van der Waals surface area contributed by atoms with Crippen LogP contribution in [-0.2, 0) is 6.54 Å². The summed E-state index contributed by atoms with van der Waals surface area (Å²) in [7, 11) is 0. The minimum atomic E-state index is -0.887. The van der Waals surface area contributed by atoms with E-state index in [1.54, 1.807) is 28.9 Å². The summed E-state index contributed by atoms with van der Waals surface area (Å²) in [5, 5.41) is 14.6. The third-order valence-corrected chi connectivity index (χ3v) is 5.10. The van der Waals surface area contributed by atoms with E-state index >= 15 is 0 Å². The second-order valence-corrected chi connectivity index (χ2v) is 6.38. The van der Waals surface area contributed by atoms with E-state index in [1.807, 2.05) is 13.8 Å². The van der Waals surface area contributed by atoms with Crippen LogP contribution in [0, 0.1) is 13.8 Å². The van der Waals surface area contributed by atoms with Crippen LogP contribution in [0.5, 0.6) is 0 Å². The molecule has 0 aliphatic carbocycles. The topological polar surface area (TPSA) is 75.4 Å². The number of amides is 2. The minimum Gasteiger partial charge on any atom is -0.389 e. The molecule has 1 atom stereocenters. The number of benzene rings is 1. The average molecular weight is 378 g/mol. The Morgan fingerprint density at radius 2 is 1.70 bits per heavy atom. The van der Waals surface area contributed by atoms with Crippen molar-refractivity contribution in [2.75, 3.05) is 6.54 Å². The molecule has 0 bridgehead atoms. The molecule has 23 heavy (non-hydrogen) atoms. The summed E-state index contributed by atoms with van der Waals surface area (Å²) in [4.78, 5) is 25.7. The summed E-state index contributed by atoms with van der Waals surface area (Å²) in [6, 6.07) is 6.69. The number of nitrogens with zero attached hydrogens (tertiary/aromatic N) is 3. The molecule has 0 radical (unpaired) electrons. The Hall–Kier alpha value is -1.99. The maximum absolute atomic E-state index is 12.3. The quantitative estimate of drug-likeness (QED) is 0.825. The van der Waals surface area contributed by atoms with Gasteiger partial charge in [-0.1, -0.05) is 12.1 Å². The van der Waals surface area contributed by atoms with Crippen molar-refractivity contribution < 1.29 is 14.7 Å². The summed E-state index contributed by atoms with van der Waals surface area (Å²) in [6.07, 6.45) is -0.887. The number of fused-ring (bicyclic) bond motifs is 1. The lowest BCUT2D eigenvalue weighted by molar-refractivity contribution is 0.0514. The molecule has 3 rings (SSSR count). The van der Waals surface area contributed by atoms with Crippen LogP contribution in [-0.4, -0.2) is 44.3 Å². The zero-order valence-corrected chi connectivity index (χ0v) is 14.4. The number of imide groups is 1. The van der Waals surface area contributed by atoms with E-state index in [-0.39, 0.29) is 24.9 Å². The van der Waals surface area contributed by atoms with Gasteiger partial charge in [-0.3, -0.25) is 19.2 Å². The van der Waals surface area contributed by atoms with Gasteiger partial charge in [0.1, 0.15) is 0 Å². The summed E-state index contributed by atoms with van der Waals surface area (Å²) >= 11 is 3.43. The molecule has 1 aromatic heterocycles. The van der Waals surface area contributed by atoms with Crippen molar-refractivity contribution in [3.63, 3.8) is 0 Å². The van der Waals surface area contributed by atoms with Gasteiger partial charge in [0.2, 0.25) is 0 Å². The predicted molar refractivity (Wildman–Crippen MR) is 87.2 cm³/mol. The molecule has 0 spiro atoms. The Morgan fingerprint density at radius 1 is 1.13 bits per heavy atom. The number of aryl methyl sites for hydroxylation is 1. The Balaban J connectivity index is 1.74. The number of β-amino-alcohol motifs (C(OH)–C–C–N with tert-alkyl or cyclic N) is 1. The van der Waals surface area contributed by atoms with E-state index in [4.69, 9.17) is 0 Å². The highest BCUT2D eigenvalue weighted by Gasteiger charge is 2.36. The second kappa shape index (κ2) is 5.90. The molecule has 2 aromatic rings. The van der Waals surface area contributed by atoms with Gasteiger partial charge < -0.3 is 5.11 Å². The summed E-state index contributed by atoms with van der Waals surface area (Å²) in [5.41, 5.74) is 2.50. The first-order valence-electron chi connectivity index (χ1n) is 7.23. The zero-order chi connectivity index (χ0) is 16.7. The van der Waals surface area contributed by atoms with Crippen LogP contribution in [0.3, 0.4) is 0 Å².